The summed E-state index contributed by atoms with van der Waals surface area (Å²) in [6.07, 6.45) is 8.21. The van der Waals surface area contributed by atoms with E-state index < -0.39 is 0 Å². The van der Waals surface area contributed by atoms with Crippen molar-refractivity contribution in [2.24, 2.45) is 0 Å². The summed E-state index contributed by atoms with van der Waals surface area (Å²) < 4.78 is 2.20. The van der Waals surface area contributed by atoms with Crippen LogP contribution in [-0.4, -0.2) is 51.6 Å². The number of likely N-dealkylation sites (tertiary alicyclic amines) is 1. The Morgan fingerprint density at radius 3 is 2.44 bits per heavy atom. The van der Waals surface area contributed by atoms with E-state index >= 15 is 0 Å². The van der Waals surface area contributed by atoms with Crippen molar-refractivity contribution in [3.63, 3.8) is 0 Å². The fourth-order valence-corrected chi connectivity index (χ4v) is 3.81. The Labute approximate surface area is 108 Å². The second-order valence-electron chi connectivity index (χ2n) is 5.87. The predicted molar refractivity (Wildman–Crippen MR) is 69.0 cm³/mol. The van der Waals surface area contributed by atoms with Crippen molar-refractivity contribution in [3.8, 4) is 0 Å². The van der Waals surface area contributed by atoms with Crippen molar-refractivity contribution >= 4 is 11.8 Å². The maximum absolute atomic E-state index is 11.7. The Bertz CT molecular complexity index is 370. The van der Waals surface area contributed by atoms with Crippen LogP contribution in [0, 0.1) is 0 Å². The van der Waals surface area contributed by atoms with Gasteiger partial charge >= 0.3 is 5.90 Å². The van der Waals surface area contributed by atoms with Crippen LogP contribution in [0.25, 0.3) is 0 Å². The summed E-state index contributed by atoms with van der Waals surface area (Å²) in [6, 6.07) is 0.988. The fourth-order valence-electron chi connectivity index (χ4n) is 3.81. The van der Waals surface area contributed by atoms with E-state index in [0.29, 0.717) is 23.9 Å². The highest BCUT2D eigenvalue weighted by atomic mass is 16.3. The van der Waals surface area contributed by atoms with E-state index in [2.05, 4.69) is 9.48 Å². The maximum atomic E-state index is 11.7. The molecular formula is C14H23N2O2+. The van der Waals surface area contributed by atoms with Gasteiger partial charge in [-0.05, 0) is 19.3 Å². The van der Waals surface area contributed by atoms with Crippen LogP contribution in [0.1, 0.15) is 51.4 Å². The van der Waals surface area contributed by atoms with Crippen LogP contribution < -0.4 is 0 Å². The summed E-state index contributed by atoms with van der Waals surface area (Å²) in [5.74, 6) is 0.949. The second-order valence-corrected chi connectivity index (χ2v) is 5.87. The molecule has 0 aromatic heterocycles. The van der Waals surface area contributed by atoms with E-state index in [1.165, 1.54) is 0 Å². The molecule has 0 spiro atoms. The predicted octanol–water partition coefficient (Wildman–Crippen LogP) is 1.68. The van der Waals surface area contributed by atoms with Crippen LogP contribution in [0.15, 0.2) is 0 Å². The summed E-state index contributed by atoms with van der Waals surface area (Å²) in [5, 5.41) is 9.84. The lowest BCUT2D eigenvalue weighted by atomic mass is 9.90. The minimum atomic E-state index is 0.356. The molecule has 0 aromatic rings. The molecule has 3 rings (SSSR count). The molecule has 18 heavy (non-hydrogen) atoms. The van der Waals surface area contributed by atoms with E-state index in [0.717, 1.165) is 64.5 Å². The normalized spacial score (nSPS) is 33.6. The van der Waals surface area contributed by atoms with E-state index in [4.69, 9.17) is 0 Å². The second kappa shape index (κ2) is 4.90. The fraction of sp³-hybridized carbons (Fsp3) is 0.857. The van der Waals surface area contributed by atoms with Crippen LogP contribution >= 0.6 is 0 Å². The van der Waals surface area contributed by atoms with Gasteiger partial charge in [0.25, 0.3) is 0 Å². The maximum Gasteiger partial charge on any atom is 0.334 e. The first kappa shape index (κ1) is 12.0. The van der Waals surface area contributed by atoms with Gasteiger partial charge in [0.2, 0.25) is 5.91 Å². The van der Waals surface area contributed by atoms with E-state index in [9.17, 15) is 9.90 Å². The molecule has 0 atom stereocenters. The number of carbonyl (C=O) groups excluding carboxylic acids is 1. The topological polar surface area (TPSA) is 43.5 Å². The Morgan fingerprint density at radius 2 is 1.89 bits per heavy atom. The highest BCUT2D eigenvalue weighted by Gasteiger charge is 2.37. The van der Waals surface area contributed by atoms with Gasteiger partial charge in [0.05, 0.1) is 6.42 Å². The molecule has 0 bridgehead atoms. The van der Waals surface area contributed by atoms with Crippen LogP contribution in [0.5, 0.6) is 0 Å². The lowest BCUT2D eigenvalue weighted by Crippen LogP contribution is -2.42. The van der Waals surface area contributed by atoms with Crippen LogP contribution in [-0.2, 0) is 4.79 Å². The molecular weight excluding hydrogens is 228 g/mol. The van der Waals surface area contributed by atoms with Crippen molar-refractivity contribution in [1.29, 1.82) is 0 Å². The summed E-state index contributed by atoms with van der Waals surface area (Å²) in [6.45, 7) is 1.99. The molecule has 0 aromatic carbocycles. The van der Waals surface area contributed by atoms with E-state index in [1.54, 1.807) is 0 Å². The molecule has 0 radical (unpaired) electrons. The van der Waals surface area contributed by atoms with Gasteiger partial charge < -0.3 is 10.0 Å². The molecule has 2 aliphatic heterocycles. The minimum Gasteiger partial charge on any atom is -0.464 e. The molecule has 1 saturated heterocycles. The molecule has 4 heteroatoms. The highest BCUT2D eigenvalue weighted by Crippen LogP contribution is 2.29. The quantitative estimate of drug-likeness (QED) is 0.759. The summed E-state index contributed by atoms with van der Waals surface area (Å²) in [5.41, 5.74) is 0. The molecule has 0 unspecified atom stereocenters. The van der Waals surface area contributed by atoms with Crippen LogP contribution in [0.2, 0.25) is 0 Å². The molecule has 1 aliphatic carbocycles. The van der Waals surface area contributed by atoms with Crippen LogP contribution in [0.3, 0.4) is 0 Å². The zero-order valence-corrected chi connectivity index (χ0v) is 11.0. The Hall–Kier alpha value is -1.06. The highest BCUT2D eigenvalue weighted by molar-refractivity contribution is 5.78. The number of hydrogen-bond acceptors (Lipinski definition) is 1. The summed E-state index contributed by atoms with van der Waals surface area (Å²) in [4.78, 5) is 13.8. The van der Waals surface area contributed by atoms with Gasteiger partial charge in [-0.3, -0.25) is 4.79 Å². The molecule has 100 valence electrons. The van der Waals surface area contributed by atoms with E-state index in [1.807, 2.05) is 0 Å². The Balaban J connectivity index is 1.58. The average molecular weight is 251 g/mol. The molecule has 2 heterocycles. The first-order chi connectivity index (χ1) is 8.75. The Morgan fingerprint density at radius 1 is 1.11 bits per heavy atom. The first-order valence-electron chi connectivity index (χ1n) is 7.36. The largest absolute Gasteiger partial charge is 0.464 e. The van der Waals surface area contributed by atoms with Crippen molar-refractivity contribution in [3.05, 3.63) is 0 Å². The standard InChI is InChI=1S/C14H22N2O2/c17-13-3-1-9-15(13)11-5-7-12(8-6-11)16-10-2-4-14(16)18/h11-12H,1-10H2/p+1. The lowest BCUT2D eigenvalue weighted by Gasteiger charge is -2.33. The zero-order chi connectivity index (χ0) is 12.5. The van der Waals surface area contributed by atoms with Gasteiger partial charge in [-0.2, -0.15) is 0 Å². The number of rotatable bonds is 2. The number of aliphatic hydroxyl groups is 1. The number of nitrogens with zero attached hydrogens (tertiary/aromatic N) is 2. The van der Waals surface area contributed by atoms with Crippen molar-refractivity contribution in [2.75, 3.05) is 13.1 Å². The zero-order valence-electron chi connectivity index (χ0n) is 11.0. The number of amides is 1. The van der Waals surface area contributed by atoms with E-state index in [-0.39, 0.29) is 0 Å². The summed E-state index contributed by atoms with van der Waals surface area (Å²) in [7, 11) is 0. The van der Waals surface area contributed by atoms with Crippen molar-refractivity contribution in [2.45, 2.75) is 63.5 Å². The third-order valence-corrected chi connectivity index (χ3v) is 4.79. The van der Waals surface area contributed by atoms with Crippen LogP contribution in [0.4, 0.5) is 0 Å². The lowest BCUT2D eigenvalue weighted by molar-refractivity contribution is -0.569. The number of carbonyl (C=O) groups is 1. The molecule has 3 aliphatic rings. The number of aliphatic hydroxyl groups excluding tert-OH is 1. The number of hydrogen-bond donors (Lipinski definition) is 1. The van der Waals surface area contributed by atoms with Gasteiger partial charge in [-0.15, -0.1) is 0 Å². The van der Waals surface area contributed by atoms with Crippen molar-refractivity contribution in [1.82, 2.24) is 4.90 Å². The Kier molecular flexibility index (Phi) is 3.27. The smallest absolute Gasteiger partial charge is 0.334 e. The van der Waals surface area contributed by atoms with Gasteiger partial charge in [-0.1, -0.05) is 0 Å². The minimum absolute atomic E-state index is 0.356. The molecule has 1 saturated carbocycles. The first-order valence-corrected chi connectivity index (χ1v) is 7.36. The average Bonchev–Trinajstić information content (AvgIpc) is 2.98. The van der Waals surface area contributed by atoms with Gasteiger partial charge in [-0.25, -0.2) is 4.58 Å². The third-order valence-electron chi connectivity index (χ3n) is 4.79. The molecule has 4 nitrogen and oxygen atoms in total. The van der Waals surface area contributed by atoms with Crippen molar-refractivity contribution < 1.29 is 14.5 Å². The molecule has 1 amide bonds. The van der Waals surface area contributed by atoms with Gasteiger partial charge in [0, 0.05) is 38.3 Å². The monoisotopic (exact) mass is 251 g/mol. The van der Waals surface area contributed by atoms with Gasteiger partial charge in [0.15, 0.2) is 6.04 Å². The third kappa shape index (κ3) is 2.13. The molecule has 2 fully saturated rings. The molecule has 1 N–H and O–H groups in total. The van der Waals surface area contributed by atoms with Gasteiger partial charge in [0.1, 0.15) is 6.54 Å². The SMILES string of the molecule is O=C1CCCN1C1CCC([N+]2=C(O)CCC2)CC1. The summed E-state index contributed by atoms with van der Waals surface area (Å²) >= 11 is 0.